The summed E-state index contributed by atoms with van der Waals surface area (Å²) in [5.74, 6) is 0. The van der Waals surface area contributed by atoms with Crippen molar-refractivity contribution >= 4 is 43.1 Å². The maximum absolute atomic E-state index is 6.08. The number of halogens is 1. The number of fused-ring (bicyclic) bond motifs is 3. The molecule has 2 heteroatoms. The van der Waals surface area contributed by atoms with Crippen molar-refractivity contribution in [3.63, 3.8) is 0 Å². The monoisotopic (exact) mass is 370 g/mol. The van der Waals surface area contributed by atoms with Crippen LogP contribution in [0.1, 0.15) is 0 Å². The molecule has 5 rings (SSSR count). The maximum atomic E-state index is 6.08. The van der Waals surface area contributed by atoms with Gasteiger partial charge in [0.25, 0.3) is 0 Å². The van der Waals surface area contributed by atoms with E-state index in [1.807, 2.05) is 23.5 Å². The van der Waals surface area contributed by atoms with Crippen molar-refractivity contribution in [3.8, 4) is 22.3 Å². The minimum Gasteiger partial charge on any atom is -0.135 e. The van der Waals surface area contributed by atoms with Crippen molar-refractivity contribution in [1.82, 2.24) is 0 Å². The fraction of sp³-hybridized carbons (Fsp3) is 0. The summed E-state index contributed by atoms with van der Waals surface area (Å²) in [6.45, 7) is 0. The van der Waals surface area contributed by atoms with Crippen molar-refractivity contribution in [3.05, 3.63) is 96.0 Å². The SMILES string of the molecule is Clc1ccc(-c2ccccc2-c2cccc3c2sc2ccccc23)cc1. The molecule has 1 aromatic heterocycles. The van der Waals surface area contributed by atoms with Gasteiger partial charge in [0.2, 0.25) is 0 Å². The lowest BCUT2D eigenvalue weighted by Crippen LogP contribution is -1.85. The number of benzene rings is 4. The second-order valence-corrected chi connectivity index (χ2v) is 7.82. The molecule has 26 heavy (non-hydrogen) atoms. The molecule has 0 aliphatic rings. The molecule has 0 aliphatic carbocycles. The summed E-state index contributed by atoms with van der Waals surface area (Å²) in [6.07, 6.45) is 0. The van der Waals surface area contributed by atoms with Gasteiger partial charge in [-0.05, 0) is 34.9 Å². The summed E-state index contributed by atoms with van der Waals surface area (Å²) in [7, 11) is 0. The third-order valence-corrected chi connectivity index (χ3v) is 6.25. The van der Waals surface area contributed by atoms with Crippen LogP contribution in [-0.4, -0.2) is 0 Å². The van der Waals surface area contributed by atoms with Gasteiger partial charge in [-0.15, -0.1) is 11.3 Å². The molecular formula is C24H15ClS. The Bertz CT molecular complexity index is 1230. The highest BCUT2D eigenvalue weighted by Crippen LogP contribution is 2.42. The van der Waals surface area contributed by atoms with Gasteiger partial charge in [-0.2, -0.15) is 0 Å². The summed E-state index contributed by atoms with van der Waals surface area (Å²) in [5, 5.41) is 3.42. The number of rotatable bonds is 2. The Labute approximate surface area is 161 Å². The van der Waals surface area contributed by atoms with Crippen LogP contribution in [0.5, 0.6) is 0 Å². The van der Waals surface area contributed by atoms with Crippen LogP contribution in [0.4, 0.5) is 0 Å². The zero-order valence-electron chi connectivity index (χ0n) is 13.9. The summed E-state index contributed by atoms with van der Waals surface area (Å²) in [4.78, 5) is 0. The molecule has 5 aromatic rings. The normalized spacial score (nSPS) is 11.3. The van der Waals surface area contributed by atoms with E-state index in [0.29, 0.717) is 0 Å². The van der Waals surface area contributed by atoms with Crippen molar-refractivity contribution in [2.24, 2.45) is 0 Å². The minimum atomic E-state index is 0.762. The number of thiophene rings is 1. The molecule has 0 bridgehead atoms. The average molecular weight is 371 g/mol. The lowest BCUT2D eigenvalue weighted by Gasteiger charge is -2.11. The molecule has 1 heterocycles. The van der Waals surface area contributed by atoms with Gasteiger partial charge in [-0.3, -0.25) is 0 Å². The van der Waals surface area contributed by atoms with E-state index in [1.54, 1.807) is 0 Å². The molecule has 0 saturated heterocycles. The second-order valence-electron chi connectivity index (χ2n) is 6.33. The van der Waals surface area contributed by atoms with Crippen molar-refractivity contribution in [1.29, 1.82) is 0 Å². The Hall–Kier alpha value is -2.61. The van der Waals surface area contributed by atoms with Gasteiger partial charge in [-0.1, -0.05) is 84.4 Å². The van der Waals surface area contributed by atoms with Crippen molar-refractivity contribution in [2.45, 2.75) is 0 Å². The van der Waals surface area contributed by atoms with Gasteiger partial charge in [-0.25, -0.2) is 0 Å². The molecule has 0 aliphatic heterocycles. The Morgan fingerprint density at radius 1 is 0.538 bits per heavy atom. The van der Waals surface area contributed by atoms with Crippen LogP contribution in [0.3, 0.4) is 0 Å². The minimum absolute atomic E-state index is 0.762. The van der Waals surface area contributed by atoms with Gasteiger partial charge in [0.15, 0.2) is 0 Å². The standard InChI is InChI=1S/C24H15ClS/c25-17-14-12-16(13-15-17)18-6-1-2-7-19(18)21-9-5-10-22-20-8-3-4-11-23(20)26-24(21)22/h1-15H. The van der Waals surface area contributed by atoms with E-state index >= 15 is 0 Å². The molecule has 0 N–H and O–H groups in total. The molecule has 4 aromatic carbocycles. The Morgan fingerprint density at radius 3 is 2.04 bits per heavy atom. The molecule has 0 amide bonds. The third kappa shape index (κ3) is 2.52. The van der Waals surface area contributed by atoms with Crippen LogP contribution in [-0.2, 0) is 0 Å². The van der Waals surface area contributed by atoms with E-state index in [-0.39, 0.29) is 0 Å². The van der Waals surface area contributed by atoms with Gasteiger partial charge >= 0.3 is 0 Å². The molecule has 0 nitrogen and oxygen atoms in total. The van der Waals surface area contributed by atoms with E-state index in [1.165, 1.54) is 42.4 Å². The number of hydrogen-bond donors (Lipinski definition) is 0. The highest BCUT2D eigenvalue weighted by molar-refractivity contribution is 7.26. The van der Waals surface area contributed by atoms with Gasteiger partial charge in [0.05, 0.1) is 0 Å². The topological polar surface area (TPSA) is 0 Å². The van der Waals surface area contributed by atoms with E-state index in [4.69, 9.17) is 11.6 Å². The van der Waals surface area contributed by atoms with Crippen LogP contribution in [0.15, 0.2) is 91.0 Å². The van der Waals surface area contributed by atoms with Crippen LogP contribution in [0.25, 0.3) is 42.4 Å². The van der Waals surface area contributed by atoms with Gasteiger partial charge < -0.3 is 0 Å². The first-order chi connectivity index (χ1) is 12.8. The smallest absolute Gasteiger partial charge is 0.0434 e. The van der Waals surface area contributed by atoms with Crippen LogP contribution in [0, 0.1) is 0 Å². The first-order valence-corrected chi connectivity index (χ1v) is 9.76. The molecule has 0 saturated carbocycles. The summed E-state index contributed by atoms with van der Waals surface area (Å²) >= 11 is 7.95. The van der Waals surface area contributed by atoms with Gasteiger partial charge in [0, 0.05) is 30.8 Å². The Balaban J connectivity index is 1.80. The van der Waals surface area contributed by atoms with Gasteiger partial charge in [0.1, 0.15) is 0 Å². The largest absolute Gasteiger partial charge is 0.135 e. The molecule has 0 fully saturated rings. The zero-order chi connectivity index (χ0) is 17.5. The zero-order valence-corrected chi connectivity index (χ0v) is 15.5. The molecular weight excluding hydrogens is 356 g/mol. The third-order valence-electron chi connectivity index (χ3n) is 4.78. The lowest BCUT2D eigenvalue weighted by molar-refractivity contribution is 1.60. The van der Waals surface area contributed by atoms with E-state index in [0.717, 1.165) is 5.02 Å². The number of hydrogen-bond acceptors (Lipinski definition) is 1. The summed E-state index contributed by atoms with van der Waals surface area (Å²) in [5.41, 5.74) is 4.96. The summed E-state index contributed by atoms with van der Waals surface area (Å²) in [6, 6.07) is 31.9. The molecule has 124 valence electrons. The fourth-order valence-corrected chi connectivity index (χ4v) is 4.91. The quantitative estimate of drug-likeness (QED) is 0.295. The highest BCUT2D eigenvalue weighted by Gasteiger charge is 2.13. The van der Waals surface area contributed by atoms with Crippen LogP contribution in [0.2, 0.25) is 5.02 Å². The molecule has 0 unspecified atom stereocenters. The Kier molecular flexibility index (Phi) is 3.77. The Morgan fingerprint density at radius 2 is 1.19 bits per heavy atom. The van der Waals surface area contributed by atoms with Crippen LogP contribution >= 0.6 is 22.9 Å². The average Bonchev–Trinajstić information content (AvgIpc) is 3.07. The van der Waals surface area contributed by atoms with Crippen LogP contribution < -0.4 is 0 Å². The lowest BCUT2D eigenvalue weighted by atomic mass is 9.94. The predicted octanol–water partition coefficient (Wildman–Crippen LogP) is 8.04. The highest BCUT2D eigenvalue weighted by atomic mass is 35.5. The fourth-order valence-electron chi connectivity index (χ4n) is 3.56. The molecule has 0 spiro atoms. The first-order valence-electron chi connectivity index (χ1n) is 8.57. The predicted molar refractivity (Wildman–Crippen MR) is 115 cm³/mol. The maximum Gasteiger partial charge on any atom is 0.0434 e. The first kappa shape index (κ1) is 15.6. The summed E-state index contributed by atoms with van der Waals surface area (Å²) < 4.78 is 2.68. The van der Waals surface area contributed by atoms with E-state index in [9.17, 15) is 0 Å². The van der Waals surface area contributed by atoms with Crippen molar-refractivity contribution in [2.75, 3.05) is 0 Å². The molecule has 0 atom stereocenters. The van der Waals surface area contributed by atoms with E-state index < -0.39 is 0 Å². The second kappa shape index (κ2) is 6.28. The molecule has 0 radical (unpaired) electrons. The van der Waals surface area contributed by atoms with Crippen molar-refractivity contribution < 1.29 is 0 Å². The van der Waals surface area contributed by atoms with E-state index in [2.05, 4.69) is 78.9 Å².